The average molecular weight is 192 g/mol. The van der Waals surface area contributed by atoms with Crippen LogP contribution in [-0.4, -0.2) is 0 Å². The lowest BCUT2D eigenvalue weighted by Crippen LogP contribution is -1.89. The van der Waals surface area contributed by atoms with Crippen molar-refractivity contribution in [3.63, 3.8) is 0 Å². The van der Waals surface area contributed by atoms with Crippen LogP contribution >= 0.6 is 0 Å². The molecule has 0 aromatic heterocycles. The Bertz CT molecular complexity index is 247. The quantitative estimate of drug-likeness (QED) is 0.536. The van der Waals surface area contributed by atoms with Crippen molar-refractivity contribution in [3.8, 4) is 0 Å². The van der Waals surface area contributed by atoms with E-state index in [1.54, 1.807) is 0 Å². The molecular weight excluding hydrogens is 168 g/mol. The van der Waals surface area contributed by atoms with E-state index in [0.717, 1.165) is 0 Å². The molecule has 0 amide bonds. The molecule has 0 bridgehead atoms. The van der Waals surface area contributed by atoms with Gasteiger partial charge in [0, 0.05) is 0 Å². The molecule has 0 unspecified atom stereocenters. The lowest BCUT2D eigenvalue weighted by Gasteiger charge is -2.08. The molecule has 0 atom stereocenters. The lowest BCUT2D eigenvalue weighted by molar-refractivity contribution is 0.792. The summed E-state index contributed by atoms with van der Waals surface area (Å²) < 4.78 is 0. The average Bonchev–Trinajstić information content (AvgIpc) is 2.10. The largest absolute Gasteiger partial charge is 0.0958 e. The maximum Gasteiger partial charge on any atom is -0.0276 e. The van der Waals surface area contributed by atoms with Crippen molar-refractivity contribution in [1.29, 1.82) is 0 Å². The second-order valence-electron chi connectivity index (χ2n) is 4.26. The van der Waals surface area contributed by atoms with Crippen molar-refractivity contribution in [2.45, 2.75) is 53.9 Å². The van der Waals surface area contributed by atoms with Gasteiger partial charge in [-0.3, -0.25) is 0 Å². The first-order valence-corrected chi connectivity index (χ1v) is 5.49. The zero-order chi connectivity index (χ0) is 11.1. The van der Waals surface area contributed by atoms with Crippen molar-refractivity contribution < 1.29 is 0 Å². The van der Waals surface area contributed by atoms with Gasteiger partial charge in [0.25, 0.3) is 0 Å². The van der Waals surface area contributed by atoms with Crippen LogP contribution in [-0.2, 0) is 0 Å². The highest BCUT2D eigenvalue weighted by Gasteiger charge is 2.00. The summed E-state index contributed by atoms with van der Waals surface area (Å²) in [4.78, 5) is 0. The highest BCUT2D eigenvalue weighted by atomic mass is 14.1. The van der Waals surface area contributed by atoms with Crippen LogP contribution in [0.2, 0.25) is 0 Å². The van der Waals surface area contributed by atoms with E-state index in [9.17, 15) is 0 Å². The second kappa shape index (κ2) is 6.64. The molecule has 80 valence electrons. The Morgan fingerprint density at radius 2 is 1.71 bits per heavy atom. The van der Waals surface area contributed by atoms with Gasteiger partial charge in [-0.1, -0.05) is 37.1 Å². The molecule has 0 nitrogen and oxygen atoms in total. The van der Waals surface area contributed by atoms with Gasteiger partial charge in [0.15, 0.2) is 0 Å². The summed E-state index contributed by atoms with van der Waals surface area (Å²) in [7, 11) is 0. The van der Waals surface area contributed by atoms with Crippen LogP contribution in [0.1, 0.15) is 53.9 Å². The van der Waals surface area contributed by atoms with Gasteiger partial charge < -0.3 is 0 Å². The predicted octanol–water partition coefficient (Wildman–Crippen LogP) is 5.04. The molecule has 0 aliphatic heterocycles. The zero-order valence-corrected chi connectivity index (χ0v) is 10.4. The van der Waals surface area contributed by atoms with Crippen LogP contribution in [0.4, 0.5) is 0 Å². The number of unbranched alkanes of at least 4 members (excludes halogenated alkanes) is 1. The van der Waals surface area contributed by atoms with E-state index in [2.05, 4.69) is 47.3 Å². The van der Waals surface area contributed by atoms with E-state index < -0.39 is 0 Å². The van der Waals surface area contributed by atoms with E-state index in [1.165, 1.54) is 41.6 Å². The van der Waals surface area contributed by atoms with Crippen LogP contribution in [0.5, 0.6) is 0 Å². The Balaban J connectivity index is 4.79. The maximum atomic E-state index is 4.00. The molecule has 0 saturated carbocycles. The first-order valence-electron chi connectivity index (χ1n) is 5.49. The number of hydrogen-bond acceptors (Lipinski definition) is 0. The summed E-state index contributed by atoms with van der Waals surface area (Å²) in [6.07, 6.45) is 5.99. The van der Waals surface area contributed by atoms with Crippen molar-refractivity contribution in [3.05, 3.63) is 34.9 Å². The van der Waals surface area contributed by atoms with Crippen molar-refractivity contribution in [2.75, 3.05) is 0 Å². The molecule has 0 aliphatic rings. The van der Waals surface area contributed by atoms with Gasteiger partial charge in [0.2, 0.25) is 0 Å². The van der Waals surface area contributed by atoms with Gasteiger partial charge >= 0.3 is 0 Å². The molecule has 0 heteroatoms. The van der Waals surface area contributed by atoms with E-state index in [-0.39, 0.29) is 0 Å². The molecule has 0 spiro atoms. The summed E-state index contributed by atoms with van der Waals surface area (Å²) in [6.45, 7) is 14.8. The summed E-state index contributed by atoms with van der Waals surface area (Å²) in [5, 5.41) is 0. The molecule has 0 aromatic carbocycles. The normalized spacial score (nSPS) is 12.1. The fourth-order valence-corrected chi connectivity index (χ4v) is 1.36. The van der Waals surface area contributed by atoms with Crippen molar-refractivity contribution in [1.82, 2.24) is 0 Å². The highest BCUT2D eigenvalue weighted by molar-refractivity contribution is 5.37. The fraction of sp³-hybridized carbons (Fsp3) is 0.571. The summed E-state index contributed by atoms with van der Waals surface area (Å²) in [5.74, 6) is 0. The highest BCUT2D eigenvalue weighted by Crippen LogP contribution is 2.20. The van der Waals surface area contributed by atoms with Gasteiger partial charge in [-0.05, 0) is 51.7 Å². The fourth-order valence-electron chi connectivity index (χ4n) is 1.36. The summed E-state index contributed by atoms with van der Waals surface area (Å²) in [6, 6.07) is 0. The van der Waals surface area contributed by atoms with Gasteiger partial charge in [-0.15, -0.1) is 0 Å². The van der Waals surface area contributed by atoms with Crippen molar-refractivity contribution >= 4 is 0 Å². The lowest BCUT2D eigenvalue weighted by atomic mass is 9.97. The molecule has 0 fully saturated rings. The molecule has 0 aliphatic carbocycles. The maximum absolute atomic E-state index is 4.00. The Morgan fingerprint density at radius 3 is 2.07 bits per heavy atom. The standard InChI is InChI=1S/C14H24/c1-7-8-9-14(10-11(2)3)13(6)12(4)5/h10H,4,7-9H2,1-3,5-6H3/b14-13-. The van der Waals surface area contributed by atoms with Crippen LogP contribution in [0, 0.1) is 0 Å². The minimum absolute atomic E-state index is 1.18. The SMILES string of the molecule is C=C(C)/C(C)=C(\C=C(C)C)CCCC. The third-order valence-electron chi connectivity index (χ3n) is 2.38. The molecule has 14 heavy (non-hydrogen) atoms. The number of allylic oxidation sites excluding steroid dienone is 5. The molecular formula is C14H24. The molecule has 0 saturated heterocycles. The molecule has 0 radical (unpaired) electrons. The minimum atomic E-state index is 1.18. The third-order valence-corrected chi connectivity index (χ3v) is 2.38. The van der Waals surface area contributed by atoms with Crippen LogP contribution < -0.4 is 0 Å². The molecule has 0 heterocycles. The summed E-state index contributed by atoms with van der Waals surface area (Å²) >= 11 is 0. The predicted molar refractivity (Wildman–Crippen MR) is 66.5 cm³/mol. The minimum Gasteiger partial charge on any atom is -0.0958 e. The molecule has 0 rings (SSSR count). The monoisotopic (exact) mass is 192 g/mol. The zero-order valence-electron chi connectivity index (χ0n) is 10.4. The molecule has 0 aromatic rings. The topological polar surface area (TPSA) is 0 Å². The Labute approximate surface area is 89.4 Å². The van der Waals surface area contributed by atoms with Crippen LogP contribution in [0.3, 0.4) is 0 Å². The van der Waals surface area contributed by atoms with E-state index in [4.69, 9.17) is 0 Å². The first-order chi connectivity index (χ1) is 6.49. The Hall–Kier alpha value is -0.780. The van der Waals surface area contributed by atoms with Crippen LogP contribution in [0.25, 0.3) is 0 Å². The Morgan fingerprint density at radius 1 is 1.14 bits per heavy atom. The van der Waals surface area contributed by atoms with Gasteiger partial charge in [-0.2, -0.15) is 0 Å². The van der Waals surface area contributed by atoms with Gasteiger partial charge in [0.05, 0.1) is 0 Å². The van der Waals surface area contributed by atoms with Gasteiger partial charge in [-0.25, -0.2) is 0 Å². The Kier molecular flexibility index (Phi) is 6.27. The molecule has 0 N–H and O–H groups in total. The number of hydrogen-bond donors (Lipinski definition) is 0. The second-order valence-corrected chi connectivity index (χ2v) is 4.26. The first kappa shape index (κ1) is 13.2. The van der Waals surface area contributed by atoms with E-state index in [0.29, 0.717) is 0 Å². The third kappa shape index (κ3) is 5.06. The summed E-state index contributed by atoms with van der Waals surface area (Å²) in [5.41, 5.74) is 5.38. The van der Waals surface area contributed by atoms with Crippen molar-refractivity contribution in [2.24, 2.45) is 0 Å². The van der Waals surface area contributed by atoms with E-state index >= 15 is 0 Å². The van der Waals surface area contributed by atoms with E-state index in [1.807, 2.05) is 0 Å². The number of rotatable bonds is 5. The van der Waals surface area contributed by atoms with Crippen LogP contribution in [0.15, 0.2) is 34.9 Å². The van der Waals surface area contributed by atoms with Gasteiger partial charge in [0.1, 0.15) is 0 Å². The smallest absolute Gasteiger partial charge is 0.0276 e.